The van der Waals surface area contributed by atoms with Gasteiger partial charge in [-0.3, -0.25) is 4.90 Å². The number of likely N-dealkylation sites (tertiary alicyclic amines) is 1. The van der Waals surface area contributed by atoms with Crippen molar-refractivity contribution in [3.63, 3.8) is 0 Å². The average Bonchev–Trinajstić information content (AvgIpc) is 2.27. The Bertz CT molecular complexity index is 209. The van der Waals surface area contributed by atoms with Crippen molar-refractivity contribution in [3.8, 4) is 0 Å². The highest BCUT2D eigenvalue weighted by Crippen LogP contribution is 2.34. The van der Waals surface area contributed by atoms with Crippen LogP contribution in [0.2, 0.25) is 0 Å². The van der Waals surface area contributed by atoms with Crippen LogP contribution in [-0.2, 0) is 0 Å². The highest BCUT2D eigenvalue weighted by molar-refractivity contribution is 4.87. The van der Waals surface area contributed by atoms with Gasteiger partial charge in [-0.1, -0.05) is 20.3 Å². The Hall–Kier alpha value is -0.0800. The predicted molar refractivity (Wildman–Crippen MR) is 67.4 cm³/mol. The summed E-state index contributed by atoms with van der Waals surface area (Å²) < 4.78 is 0. The molecule has 1 aliphatic heterocycles. The molecule has 16 heavy (non-hydrogen) atoms. The Balaban J connectivity index is 1.98. The minimum absolute atomic E-state index is 0.360. The quantitative estimate of drug-likeness (QED) is 0.781. The van der Waals surface area contributed by atoms with Crippen LogP contribution in [0, 0.1) is 11.8 Å². The summed E-state index contributed by atoms with van der Waals surface area (Å²) in [5, 5.41) is 9.48. The Kier molecular flexibility index (Phi) is 4.26. The molecule has 0 radical (unpaired) electrons. The standard InChI is InChI=1S/C14H27NO/c1-11-7-12(2)9-14(8-11)15-6-4-3-5-13(15)10-16/h11-14,16H,3-10H2,1-2H3. The van der Waals surface area contributed by atoms with Crippen LogP contribution >= 0.6 is 0 Å². The summed E-state index contributed by atoms with van der Waals surface area (Å²) in [6, 6.07) is 1.20. The Morgan fingerprint density at radius 1 is 1.06 bits per heavy atom. The molecule has 0 spiro atoms. The summed E-state index contributed by atoms with van der Waals surface area (Å²) in [6.07, 6.45) is 7.93. The van der Waals surface area contributed by atoms with Gasteiger partial charge in [0.25, 0.3) is 0 Å². The van der Waals surface area contributed by atoms with Crippen molar-refractivity contribution < 1.29 is 5.11 Å². The van der Waals surface area contributed by atoms with Crippen molar-refractivity contribution >= 4 is 0 Å². The summed E-state index contributed by atoms with van der Waals surface area (Å²) in [7, 11) is 0. The van der Waals surface area contributed by atoms with Gasteiger partial charge in [0.2, 0.25) is 0 Å². The summed E-state index contributed by atoms with van der Waals surface area (Å²) in [5.41, 5.74) is 0. The first kappa shape index (κ1) is 12.4. The average molecular weight is 225 g/mol. The molecule has 2 fully saturated rings. The Morgan fingerprint density at radius 3 is 2.38 bits per heavy atom. The van der Waals surface area contributed by atoms with Gasteiger partial charge in [-0.05, 0) is 50.5 Å². The second-order valence-electron chi connectivity index (χ2n) is 6.14. The van der Waals surface area contributed by atoms with Crippen LogP contribution in [0.1, 0.15) is 52.4 Å². The molecule has 0 aromatic carbocycles. The summed E-state index contributed by atoms with van der Waals surface area (Å²) in [6.45, 7) is 6.36. The number of rotatable bonds is 2. The molecule has 1 saturated heterocycles. The maximum absolute atomic E-state index is 9.48. The predicted octanol–water partition coefficient (Wildman–Crippen LogP) is 2.66. The molecule has 3 unspecified atom stereocenters. The van der Waals surface area contributed by atoms with Crippen LogP contribution in [0.3, 0.4) is 0 Å². The zero-order valence-corrected chi connectivity index (χ0v) is 10.9. The van der Waals surface area contributed by atoms with Crippen molar-refractivity contribution in [1.82, 2.24) is 4.90 Å². The molecule has 0 bridgehead atoms. The molecule has 2 rings (SSSR count). The number of aliphatic hydroxyl groups is 1. The Morgan fingerprint density at radius 2 is 1.75 bits per heavy atom. The number of hydrogen-bond donors (Lipinski definition) is 1. The molecular weight excluding hydrogens is 198 g/mol. The third kappa shape index (κ3) is 2.78. The van der Waals surface area contributed by atoms with Crippen LogP contribution in [0.25, 0.3) is 0 Å². The summed E-state index contributed by atoms with van der Waals surface area (Å²) >= 11 is 0. The zero-order chi connectivity index (χ0) is 11.5. The SMILES string of the molecule is CC1CC(C)CC(N2CCCCC2CO)C1. The van der Waals surface area contributed by atoms with E-state index in [1.807, 2.05) is 0 Å². The van der Waals surface area contributed by atoms with E-state index in [1.165, 1.54) is 45.1 Å². The fourth-order valence-corrected chi connectivity index (χ4v) is 3.87. The van der Waals surface area contributed by atoms with Crippen LogP contribution in [-0.4, -0.2) is 35.2 Å². The second kappa shape index (κ2) is 5.50. The largest absolute Gasteiger partial charge is 0.395 e. The lowest BCUT2D eigenvalue weighted by Crippen LogP contribution is -2.50. The van der Waals surface area contributed by atoms with Crippen molar-refractivity contribution in [1.29, 1.82) is 0 Å². The molecule has 1 aliphatic carbocycles. The fraction of sp³-hybridized carbons (Fsp3) is 1.00. The molecular formula is C14H27NO. The minimum atomic E-state index is 0.360. The van der Waals surface area contributed by atoms with E-state index < -0.39 is 0 Å². The normalized spacial score (nSPS) is 42.2. The molecule has 1 heterocycles. The van der Waals surface area contributed by atoms with E-state index in [0.29, 0.717) is 12.6 Å². The molecule has 0 aromatic rings. The molecule has 2 heteroatoms. The number of nitrogens with zero attached hydrogens (tertiary/aromatic N) is 1. The lowest BCUT2D eigenvalue weighted by Gasteiger charge is -2.45. The first-order valence-electron chi connectivity index (χ1n) is 7.07. The Labute approximate surface area is 100 Å². The molecule has 1 saturated carbocycles. The van der Waals surface area contributed by atoms with Crippen LogP contribution in [0.15, 0.2) is 0 Å². The van der Waals surface area contributed by atoms with Crippen molar-refractivity contribution in [2.24, 2.45) is 11.8 Å². The summed E-state index contributed by atoms with van der Waals surface area (Å²) in [5.74, 6) is 1.74. The first-order chi connectivity index (χ1) is 7.70. The number of hydrogen-bond acceptors (Lipinski definition) is 2. The van der Waals surface area contributed by atoms with Gasteiger partial charge >= 0.3 is 0 Å². The third-order valence-electron chi connectivity index (χ3n) is 4.51. The first-order valence-corrected chi connectivity index (χ1v) is 7.07. The molecule has 2 nitrogen and oxygen atoms in total. The molecule has 3 atom stereocenters. The lowest BCUT2D eigenvalue weighted by molar-refractivity contribution is 0.0202. The van der Waals surface area contributed by atoms with E-state index in [1.54, 1.807) is 0 Å². The smallest absolute Gasteiger partial charge is 0.0586 e. The van der Waals surface area contributed by atoms with Gasteiger partial charge < -0.3 is 5.11 Å². The van der Waals surface area contributed by atoms with Crippen molar-refractivity contribution in [2.45, 2.75) is 64.5 Å². The maximum atomic E-state index is 9.48. The number of aliphatic hydroxyl groups excluding tert-OH is 1. The zero-order valence-electron chi connectivity index (χ0n) is 10.9. The monoisotopic (exact) mass is 225 g/mol. The molecule has 2 aliphatic rings. The van der Waals surface area contributed by atoms with E-state index in [4.69, 9.17) is 0 Å². The van der Waals surface area contributed by atoms with E-state index >= 15 is 0 Å². The fourth-order valence-electron chi connectivity index (χ4n) is 3.87. The van der Waals surface area contributed by atoms with E-state index in [-0.39, 0.29) is 0 Å². The second-order valence-corrected chi connectivity index (χ2v) is 6.14. The van der Waals surface area contributed by atoms with Crippen LogP contribution in [0.4, 0.5) is 0 Å². The summed E-state index contributed by atoms with van der Waals surface area (Å²) in [4.78, 5) is 2.62. The van der Waals surface area contributed by atoms with Gasteiger partial charge in [0.05, 0.1) is 6.61 Å². The van der Waals surface area contributed by atoms with Crippen molar-refractivity contribution in [2.75, 3.05) is 13.2 Å². The third-order valence-corrected chi connectivity index (χ3v) is 4.51. The van der Waals surface area contributed by atoms with Gasteiger partial charge in [-0.25, -0.2) is 0 Å². The van der Waals surface area contributed by atoms with Gasteiger partial charge in [0.15, 0.2) is 0 Å². The van der Waals surface area contributed by atoms with E-state index in [0.717, 1.165) is 17.9 Å². The van der Waals surface area contributed by atoms with Crippen LogP contribution < -0.4 is 0 Å². The van der Waals surface area contributed by atoms with Gasteiger partial charge in [-0.15, -0.1) is 0 Å². The maximum Gasteiger partial charge on any atom is 0.0586 e. The molecule has 1 N–H and O–H groups in total. The van der Waals surface area contributed by atoms with E-state index in [2.05, 4.69) is 18.7 Å². The van der Waals surface area contributed by atoms with E-state index in [9.17, 15) is 5.11 Å². The lowest BCUT2D eigenvalue weighted by atomic mass is 9.79. The highest BCUT2D eigenvalue weighted by Gasteiger charge is 2.33. The molecule has 0 amide bonds. The van der Waals surface area contributed by atoms with Gasteiger partial charge in [0, 0.05) is 12.1 Å². The molecule has 0 aromatic heterocycles. The number of piperidine rings is 1. The van der Waals surface area contributed by atoms with Crippen molar-refractivity contribution in [3.05, 3.63) is 0 Å². The highest BCUT2D eigenvalue weighted by atomic mass is 16.3. The van der Waals surface area contributed by atoms with Gasteiger partial charge in [-0.2, -0.15) is 0 Å². The topological polar surface area (TPSA) is 23.5 Å². The minimum Gasteiger partial charge on any atom is -0.395 e. The van der Waals surface area contributed by atoms with Crippen LogP contribution in [0.5, 0.6) is 0 Å². The molecule has 94 valence electrons. The van der Waals surface area contributed by atoms with Gasteiger partial charge in [0.1, 0.15) is 0 Å².